The third-order valence-electron chi connectivity index (χ3n) is 10.6. The van der Waals surface area contributed by atoms with Gasteiger partial charge in [0, 0.05) is 47.0 Å². The molecule has 2 saturated heterocycles. The second-order valence-corrected chi connectivity index (χ2v) is 16.2. The van der Waals surface area contributed by atoms with Crippen LogP contribution in [0.2, 0.25) is 20.1 Å². The third-order valence-corrected chi connectivity index (χ3v) is 11.6. The molecule has 2 heterocycles. The quantitative estimate of drug-likeness (QED) is 0.153. The normalized spacial score (nSPS) is 22.0. The zero-order valence-electron chi connectivity index (χ0n) is 31.9. The number of rotatable bonds is 8. The van der Waals surface area contributed by atoms with Crippen LogP contribution in [0.25, 0.3) is 0 Å². The number of halogens is 4. The predicted molar refractivity (Wildman–Crippen MR) is 232 cm³/mol. The molecule has 6 aromatic rings. The molecule has 1 unspecified atom stereocenters. The van der Waals surface area contributed by atoms with Crippen molar-refractivity contribution in [3.63, 3.8) is 0 Å². The Morgan fingerprint density at radius 1 is 0.414 bits per heavy atom. The van der Waals surface area contributed by atoms with Gasteiger partial charge in [-0.2, -0.15) is 0 Å². The van der Waals surface area contributed by atoms with Crippen molar-refractivity contribution in [1.29, 1.82) is 0 Å². The minimum atomic E-state index is -0.549. The first-order valence-corrected chi connectivity index (χ1v) is 20.5. The van der Waals surface area contributed by atoms with E-state index in [1.807, 2.05) is 172 Å². The number of hydrogen-bond acceptors (Lipinski definition) is 4. The van der Waals surface area contributed by atoms with Gasteiger partial charge in [-0.3, -0.25) is 9.59 Å². The van der Waals surface area contributed by atoms with Crippen LogP contribution in [-0.4, -0.2) is 47.9 Å². The van der Waals surface area contributed by atoms with Gasteiger partial charge in [-0.15, -0.1) is 0 Å². The smallest absolute Gasteiger partial charge is 0.252 e. The van der Waals surface area contributed by atoms with Crippen molar-refractivity contribution in [3.8, 4) is 0 Å². The average molecular weight is 853 g/mol. The molecule has 0 N–H and O–H groups in total. The Balaban J connectivity index is 0.000000177. The Labute approximate surface area is 359 Å². The summed E-state index contributed by atoms with van der Waals surface area (Å²) >= 11 is 24.3. The molecule has 6 nitrogen and oxygen atoms in total. The van der Waals surface area contributed by atoms with Crippen LogP contribution in [0.3, 0.4) is 0 Å². The maximum absolute atomic E-state index is 13.2. The number of ether oxygens (including phenoxy) is 2. The number of morpholine rings is 2. The molecule has 6 aromatic carbocycles. The van der Waals surface area contributed by atoms with Crippen molar-refractivity contribution in [2.45, 2.75) is 49.3 Å². The van der Waals surface area contributed by atoms with Crippen LogP contribution in [0.4, 0.5) is 0 Å². The van der Waals surface area contributed by atoms with E-state index in [1.165, 1.54) is 0 Å². The fourth-order valence-corrected chi connectivity index (χ4v) is 8.13. The van der Waals surface area contributed by atoms with Crippen LogP contribution < -0.4 is 0 Å². The first-order chi connectivity index (χ1) is 28.0. The summed E-state index contributed by atoms with van der Waals surface area (Å²) in [5.74, 6) is -0.0574. The summed E-state index contributed by atoms with van der Waals surface area (Å²) in [7, 11) is 3.68. The van der Waals surface area contributed by atoms with Gasteiger partial charge in [0.05, 0.1) is 12.1 Å². The molecule has 58 heavy (non-hydrogen) atoms. The number of carbonyl (C=O) groups is 2. The number of hydrogen-bond donors (Lipinski definition) is 0. The fraction of sp³-hybridized carbons (Fsp3) is 0.208. The van der Waals surface area contributed by atoms with E-state index in [2.05, 4.69) is 0 Å². The Morgan fingerprint density at radius 2 is 0.690 bits per heavy atom. The number of nitrogens with zero attached hydrogens (tertiary/aromatic N) is 2. The highest BCUT2D eigenvalue weighted by atomic mass is 35.5. The second kappa shape index (κ2) is 18.9. The van der Waals surface area contributed by atoms with Crippen molar-refractivity contribution in [2.75, 3.05) is 14.1 Å². The van der Waals surface area contributed by atoms with Gasteiger partial charge in [0.2, 0.25) is 0 Å². The molecule has 2 aliphatic rings. The fourth-order valence-electron chi connectivity index (χ4n) is 7.62. The van der Waals surface area contributed by atoms with E-state index in [9.17, 15) is 9.59 Å². The topological polar surface area (TPSA) is 59.1 Å². The van der Waals surface area contributed by atoms with Crippen LogP contribution in [0.5, 0.6) is 0 Å². The van der Waals surface area contributed by atoms with E-state index in [0.717, 1.165) is 33.4 Å². The minimum Gasteiger partial charge on any atom is -0.358 e. The highest BCUT2D eigenvalue weighted by Crippen LogP contribution is 2.43. The molecular formula is C48H42Cl4N2O4. The van der Waals surface area contributed by atoms with E-state index in [4.69, 9.17) is 55.9 Å². The Hall–Kier alpha value is -4.66. The molecule has 0 bridgehead atoms. The van der Waals surface area contributed by atoms with Gasteiger partial charge in [0.15, 0.2) is 0 Å². The van der Waals surface area contributed by atoms with Crippen LogP contribution in [0.1, 0.15) is 57.7 Å². The first kappa shape index (κ1) is 41.5. The zero-order chi connectivity index (χ0) is 40.8. The van der Waals surface area contributed by atoms with Gasteiger partial charge in [0.1, 0.15) is 24.4 Å². The SMILES string of the molecule is CN1C(=O)[C@@H](Cc2ccccc2)O[C@H](c2ccc(Cl)cc2)C1c1ccc(Cl)cc1.CN1C(=O)[C@H](Cc2ccccc2)O[C@@H](c2ccc(Cl)cc2)[C@H]1c1ccc(Cl)cc1. The van der Waals surface area contributed by atoms with Gasteiger partial charge in [-0.1, -0.05) is 156 Å². The monoisotopic (exact) mass is 850 g/mol. The van der Waals surface area contributed by atoms with Gasteiger partial charge in [-0.25, -0.2) is 0 Å². The van der Waals surface area contributed by atoms with Gasteiger partial charge < -0.3 is 19.3 Å². The molecular weight excluding hydrogens is 810 g/mol. The van der Waals surface area contributed by atoms with Gasteiger partial charge in [-0.05, 0) is 81.9 Å². The Morgan fingerprint density at radius 3 is 0.983 bits per heavy atom. The van der Waals surface area contributed by atoms with E-state index in [0.29, 0.717) is 32.9 Å². The molecule has 296 valence electrons. The lowest BCUT2D eigenvalue weighted by molar-refractivity contribution is -0.171. The van der Waals surface area contributed by atoms with Crippen molar-refractivity contribution in [1.82, 2.24) is 9.80 Å². The summed E-state index contributed by atoms with van der Waals surface area (Å²) in [6, 6.07) is 49.7. The average Bonchev–Trinajstić information content (AvgIpc) is 3.24. The standard InChI is InChI=1S/2C24H21Cl2NO2/c2*1-27-22(17-7-11-19(25)12-8-17)23(18-9-13-20(26)14-10-18)29-21(24(27)28)15-16-5-3-2-4-6-16/h2*2-14,21-23H,15H2,1H3/t21-,22?,23-;21-,22+,23-/m10/s1. The highest BCUT2D eigenvalue weighted by molar-refractivity contribution is 6.31. The molecule has 0 spiro atoms. The molecule has 6 atom stereocenters. The zero-order valence-corrected chi connectivity index (χ0v) is 35.0. The lowest BCUT2D eigenvalue weighted by Crippen LogP contribution is -2.49. The van der Waals surface area contributed by atoms with E-state index in [1.54, 1.807) is 9.80 Å². The molecule has 2 aliphatic heterocycles. The van der Waals surface area contributed by atoms with E-state index in [-0.39, 0.29) is 36.1 Å². The molecule has 0 radical (unpaired) electrons. The van der Waals surface area contributed by atoms with Crippen LogP contribution in [0, 0.1) is 0 Å². The molecule has 0 aromatic heterocycles. The van der Waals surface area contributed by atoms with Crippen LogP contribution in [0.15, 0.2) is 158 Å². The summed E-state index contributed by atoms with van der Waals surface area (Å²) in [5, 5.41) is 2.64. The lowest BCUT2D eigenvalue weighted by atomic mass is 9.91. The summed E-state index contributed by atoms with van der Waals surface area (Å²) in [6.45, 7) is 0. The van der Waals surface area contributed by atoms with Crippen molar-refractivity contribution >= 4 is 58.2 Å². The molecule has 2 amide bonds. The molecule has 8 rings (SSSR count). The number of amides is 2. The highest BCUT2D eigenvalue weighted by Gasteiger charge is 2.43. The molecule has 0 saturated carbocycles. The maximum Gasteiger partial charge on any atom is 0.252 e. The number of carbonyl (C=O) groups excluding carboxylic acids is 2. The van der Waals surface area contributed by atoms with Crippen molar-refractivity contribution in [3.05, 3.63) is 211 Å². The van der Waals surface area contributed by atoms with E-state index < -0.39 is 12.2 Å². The molecule has 0 aliphatic carbocycles. The molecule has 2 fully saturated rings. The first-order valence-electron chi connectivity index (χ1n) is 19.0. The number of benzene rings is 6. The Bertz CT molecular complexity index is 2110. The van der Waals surface area contributed by atoms with Gasteiger partial charge in [0.25, 0.3) is 11.8 Å². The van der Waals surface area contributed by atoms with Gasteiger partial charge >= 0.3 is 0 Å². The lowest BCUT2D eigenvalue weighted by Gasteiger charge is -2.43. The third kappa shape index (κ3) is 9.78. The second-order valence-electron chi connectivity index (χ2n) is 14.5. The predicted octanol–water partition coefficient (Wildman–Crippen LogP) is 11.8. The summed E-state index contributed by atoms with van der Waals surface area (Å²) < 4.78 is 12.9. The summed E-state index contributed by atoms with van der Waals surface area (Å²) in [5.41, 5.74) is 6.04. The summed E-state index contributed by atoms with van der Waals surface area (Å²) in [4.78, 5) is 29.9. The minimum absolute atomic E-state index is 0.0287. The maximum atomic E-state index is 13.2. The largest absolute Gasteiger partial charge is 0.358 e. The molecule has 10 heteroatoms. The van der Waals surface area contributed by atoms with E-state index >= 15 is 0 Å². The van der Waals surface area contributed by atoms with Crippen molar-refractivity contribution < 1.29 is 19.1 Å². The van der Waals surface area contributed by atoms with Crippen molar-refractivity contribution in [2.24, 2.45) is 0 Å². The van der Waals surface area contributed by atoms with Crippen LogP contribution in [-0.2, 0) is 31.9 Å². The summed E-state index contributed by atoms with van der Waals surface area (Å²) in [6.07, 6.45) is -0.670. The number of likely N-dealkylation sites (N-methyl/N-ethyl adjacent to an activating group) is 2. The Kier molecular flexibility index (Phi) is 13.6. The van der Waals surface area contributed by atoms with Crippen LogP contribution >= 0.6 is 46.4 Å².